The zero-order chi connectivity index (χ0) is 20.2. The number of benzene rings is 1. The molecule has 1 amide bonds. The number of hydrogen-bond acceptors (Lipinski definition) is 6. The molecule has 156 valence electrons. The third-order valence-electron chi connectivity index (χ3n) is 5.69. The van der Waals surface area contributed by atoms with Crippen LogP contribution in [0, 0.1) is 5.92 Å². The molecule has 4 rings (SSSR count). The van der Waals surface area contributed by atoms with Crippen LogP contribution in [-0.2, 0) is 9.53 Å². The van der Waals surface area contributed by atoms with Gasteiger partial charge in [0.1, 0.15) is 17.4 Å². The summed E-state index contributed by atoms with van der Waals surface area (Å²) in [6, 6.07) is 6.52. The molecule has 1 aromatic heterocycles. The normalized spacial score (nSPS) is 24.6. The number of para-hydroxylation sites is 1. The molecule has 1 unspecified atom stereocenters. The van der Waals surface area contributed by atoms with E-state index in [2.05, 4.69) is 15.6 Å². The van der Waals surface area contributed by atoms with Crippen molar-refractivity contribution in [2.24, 2.45) is 5.92 Å². The van der Waals surface area contributed by atoms with E-state index >= 15 is 0 Å². The lowest BCUT2D eigenvalue weighted by atomic mass is 9.91. The summed E-state index contributed by atoms with van der Waals surface area (Å²) in [4.78, 5) is 21.1. The number of fused-ring (bicyclic) bond motifs is 1. The Morgan fingerprint density at radius 2 is 1.97 bits per heavy atom. The number of ether oxygens (including phenoxy) is 2. The molecule has 1 aliphatic carbocycles. The topological polar surface area (TPSA) is 85.4 Å². The van der Waals surface area contributed by atoms with Crippen LogP contribution in [0.5, 0.6) is 5.75 Å². The van der Waals surface area contributed by atoms with Crippen molar-refractivity contribution in [1.82, 2.24) is 15.3 Å². The van der Waals surface area contributed by atoms with Crippen LogP contribution >= 0.6 is 0 Å². The van der Waals surface area contributed by atoms with Gasteiger partial charge in [0.05, 0.1) is 13.2 Å². The van der Waals surface area contributed by atoms with E-state index in [1.54, 1.807) is 0 Å². The fourth-order valence-corrected chi connectivity index (χ4v) is 3.91. The minimum Gasteiger partial charge on any atom is -0.486 e. The Kier molecular flexibility index (Phi) is 6.13. The molecule has 1 saturated carbocycles. The summed E-state index contributed by atoms with van der Waals surface area (Å²) in [5.41, 5.74) is 0.829. The average molecular weight is 399 g/mol. The third kappa shape index (κ3) is 4.96. The van der Waals surface area contributed by atoms with Crippen molar-refractivity contribution in [3.63, 3.8) is 0 Å². The summed E-state index contributed by atoms with van der Waals surface area (Å²) in [7, 11) is 0. The summed E-state index contributed by atoms with van der Waals surface area (Å²) < 4.78 is 11.5. The minimum absolute atomic E-state index is 0.0315. The van der Waals surface area contributed by atoms with Crippen LogP contribution in [0.2, 0.25) is 0 Å². The summed E-state index contributed by atoms with van der Waals surface area (Å²) in [6.07, 6.45) is 6.76. The van der Waals surface area contributed by atoms with Gasteiger partial charge in [-0.1, -0.05) is 26.0 Å². The molecule has 2 heterocycles. The van der Waals surface area contributed by atoms with Crippen molar-refractivity contribution < 1.29 is 14.3 Å². The molecule has 2 aromatic rings. The van der Waals surface area contributed by atoms with Crippen molar-refractivity contribution in [3.05, 3.63) is 24.4 Å². The van der Waals surface area contributed by atoms with E-state index in [0.717, 1.165) is 55.4 Å². The number of carbonyl (C=O) groups is 1. The molecule has 1 saturated heterocycles. The summed E-state index contributed by atoms with van der Waals surface area (Å²) >= 11 is 0. The predicted molar refractivity (Wildman–Crippen MR) is 112 cm³/mol. The van der Waals surface area contributed by atoms with Gasteiger partial charge < -0.3 is 20.1 Å². The smallest absolute Gasteiger partial charge is 0.223 e. The number of nitrogens with zero attached hydrogens (tertiary/aromatic N) is 2. The van der Waals surface area contributed by atoms with Gasteiger partial charge in [-0.3, -0.25) is 4.79 Å². The van der Waals surface area contributed by atoms with Gasteiger partial charge in [0.2, 0.25) is 11.9 Å². The van der Waals surface area contributed by atoms with Gasteiger partial charge in [-0.15, -0.1) is 0 Å². The van der Waals surface area contributed by atoms with Crippen molar-refractivity contribution in [1.29, 1.82) is 0 Å². The molecule has 2 fully saturated rings. The standard InChI is InChI=1S/C22H30N4O3/c1-14(2)21(27)24-16-6-8-17(9-7-16)25-22-23-12-15-4-3-5-19(20(15)26-22)29-18-10-11-28-13-18/h3-5,12,14,16-18H,6-11,13H2,1-2H3,(H,24,27)(H,23,25,26). The Labute approximate surface area is 171 Å². The molecule has 29 heavy (non-hydrogen) atoms. The highest BCUT2D eigenvalue weighted by Crippen LogP contribution is 2.28. The molecule has 0 bridgehead atoms. The van der Waals surface area contributed by atoms with Crippen LogP contribution in [0.15, 0.2) is 24.4 Å². The van der Waals surface area contributed by atoms with E-state index in [4.69, 9.17) is 14.5 Å². The number of anilines is 1. The molecule has 0 spiro atoms. The van der Waals surface area contributed by atoms with Crippen LogP contribution in [0.3, 0.4) is 0 Å². The highest BCUT2D eigenvalue weighted by Gasteiger charge is 2.24. The molecular formula is C22H30N4O3. The molecule has 7 nitrogen and oxygen atoms in total. The lowest BCUT2D eigenvalue weighted by molar-refractivity contribution is -0.124. The van der Waals surface area contributed by atoms with Crippen LogP contribution in [0.25, 0.3) is 10.9 Å². The zero-order valence-corrected chi connectivity index (χ0v) is 17.2. The lowest BCUT2D eigenvalue weighted by Crippen LogP contribution is -2.41. The fourth-order valence-electron chi connectivity index (χ4n) is 3.91. The maximum absolute atomic E-state index is 11.9. The van der Waals surface area contributed by atoms with E-state index in [-0.39, 0.29) is 24.0 Å². The Bertz CT molecular complexity index is 843. The van der Waals surface area contributed by atoms with E-state index in [1.165, 1.54) is 0 Å². The quantitative estimate of drug-likeness (QED) is 0.777. The third-order valence-corrected chi connectivity index (χ3v) is 5.69. The first kappa shape index (κ1) is 19.9. The second kappa shape index (κ2) is 8.95. The highest BCUT2D eigenvalue weighted by molar-refractivity contribution is 5.84. The summed E-state index contributed by atoms with van der Waals surface area (Å²) in [5.74, 6) is 1.58. The fraction of sp³-hybridized carbons (Fsp3) is 0.591. The first-order valence-electron chi connectivity index (χ1n) is 10.7. The molecule has 2 N–H and O–H groups in total. The van der Waals surface area contributed by atoms with E-state index in [9.17, 15) is 4.79 Å². The van der Waals surface area contributed by atoms with Crippen LogP contribution in [0.1, 0.15) is 46.0 Å². The maximum atomic E-state index is 11.9. The predicted octanol–water partition coefficient (Wildman–Crippen LogP) is 3.29. The minimum atomic E-state index is 0.0315. The van der Waals surface area contributed by atoms with Crippen LogP contribution < -0.4 is 15.4 Å². The molecule has 2 aliphatic rings. The van der Waals surface area contributed by atoms with E-state index < -0.39 is 0 Å². The molecule has 0 radical (unpaired) electrons. The number of amides is 1. The van der Waals surface area contributed by atoms with Crippen molar-refractivity contribution in [3.8, 4) is 5.75 Å². The van der Waals surface area contributed by atoms with Crippen LogP contribution in [0.4, 0.5) is 5.95 Å². The van der Waals surface area contributed by atoms with Gasteiger partial charge in [0.25, 0.3) is 0 Å². The number of aromatic nitrogens is 2. The van der Waals surface area contributed by atoms with Gasteiger partial charge >= 0.3 is 0 Å². The van der Waals surface area contributed by atoms with Gasteiger partial charge in [-0.05, 0) is 31.7 Å². The van der Waals surface area contributed by atoms with Gasteiger partial charge in [-0.2, -0.15) is 0 Å². The van der Waals surface area contributed by atoms with E-state index in [1.807, 2.05) is 38.2 Å². The highest BCUT2D eigenvalue weighted by atomic mass is 16.5. The number of carbonyl (C=O) groups excluding carboxylic acids is 1. The van der Waals surface area contributed by atoms with Gasteiger partial charge in [0, 0.05) is 36.0 Å². The lowest BCUT2D eigenvalue weighted by Gasteiger charge is -2.30. The Balaban J connectivity index is 1.39. The first-order valence-corrected chi connectivity index (χ1v) is 10.7. The molecule has 1 aliphatic heterocycles. The number of rotatable bonds is 6. The summed E-state index contributed by atoms with van der Waals surface area (Å²) in [5, 5.41) is 7.58. The van der Waals surface area contributed by atoms with Crippen molar-refractivity contribution in [2.75, 3.05) is 18.5 Å². The van der Waals surface area contributed by atoms with Gasteiger partial charge in [0.15, 0.2) is 0 Å². The Morgan fingerprint density at radius 3 is 2.69 bits per heavy atom. The average Bonchev–Trinajstić information content (AvgIpc) is 3.23. The van der Waals surface area contributed by atoms with Crippen molar-refractivity contribution >= 4 is 22.8 Å². The van der Waals surface area contributed by atoms with Crippen molar-refractivity contribution in [2.45, 2.75) is 64.1 Å². The maximum Gasteiger partial charge on any atom is 0.223 e. The number of hydrogen-bond donors (Lipinski definition) is 2. The second-order valence-electron chi connectivity index (χ2n) is 8.35. The zero-order valence-electron chi connectivity index (χ0n) is 17.2. The summed E-state index contributed by atoms with van der Waals surface area (Å²) in [6.45, 7) is 5.23. The Hall–Kier alpha value is -2.41. The van der Waals surface area contributed by atoms with Crippen LogP contribution in [-0.4, -0.2) is 47.3 Å². The number of nitrogens with one attached hydrogen (secondary N) is 2. The van der Waals surface area contributed by atoms with E-state index in [0.29, 0.717) is 18.6 Å². The first-order chi connectivity index (χ1) is 14.1. The van der Waals surface area contributed by atoms with Gasteiger partial charge in [-0.25, -0.2) is 9.97 Å². The molecular weight excluding hydrogens is 368 g/mol. The molecule has 7 heteroatoms. The SMILES string of the molecule is CC(C)C(=O)NC1CCC(Nc2ncc3cccc(OC4CCOC4)c3n2)CC1. The molecule has 1 aromatic carbocycles. The second-order valence-corrected chi connectivity index (χ2v) is 8.35. The Morgan fingerprint density at radius 1 is 1.17 bits per heavy atom. The molecule has 1 atom stereocenters. The monoisotopic (exact) mass is 398 g/mol. The largest absolute Gasteiger partial charge is 0.486 e.